The highest BCUT2D eigenvalue weighted by Gasteiger charge is 2.20. The summed E-state index contributed by atoms with van der Waals surface area (Å²) in [5.41, 5.74) is 5.33. The smallest absolute Gasteiger partial charge is 0.330 e. The molecule has 0 heterocycles. The second-order valence-electron chi connectivity index (χ2n) is 3.13. The van der Waals surface area contributed by atoms with Crippen LogP contribution < -0.4 is 11.1 Å². The number of carbonyl (C=O) groups excluding carboxylic acids is 1. The minimum atomic E-state index is -1.63. The molecule has 1 unspecified atom stereocenters. The number of hydrogen-bond acceptors (Lipinski definition) is 3. The van der Waals surface area contributed by atoms with E-state index in [4.69, 9.17) is 10.8 Å². The number of carbonyl (C=O) groups is 2. The molecule has 0 aromatic heterocycles. The summed E-state index contributed by atoms with van der Waals surface area (Å²) in [6.45, 7) is -0.0908. The molecule has 0 bridgehead atoms. The largest absolute Gasteiger partial charge is 0.480 e. The summed E-state index contributed by atoms with van der Waals surface area (Å²) in [6.07, 6.45) is 0. The minimum absolute atomic E-state index is 0.0908. The molecule has 0 aliphatic rings. The molecule has 0 saturated carbocycles. The molecule has 6 heteroatoms. The van der Waals surface area contributed by atoms with Gasteiger partial charge in [0.2, 0.25) is 5.91 Å². The first-order valence-electron chi connectivity index (χ1n) is 4.52. The van der Waals surface area contributed by atoms with Crippen LogP contribution in [0.25, 0.3) is 0 Å². The van der Waals surface area contributed by atoms with Crippen LogP contribution in [0.1, 0.15) is 5.56 Å². The van der Waals surface area contributed by atoms with Crippen molar-refractivity contribution >= 4 is 11.9 Å². The van der Waals surface area contributed by atoms with Gasteiger partial charge in [0.15, 0.2) is 6.04 Å². The molecular weight excluding hydrogens is 215 g/mol. The average Bonchev–Trinajstić information content (AvgIpc) is 2.26. The Balaban J connectivity index is 2.56. The van der Waals surface area contributed by atoms with E-state index in [2.05, 4.69) is 5.32 Å². The zero-order valence-corrected chi connectivity index (χ0v) is 8.31. The van der Waals surface area contributed by atoms with E-state index in [0.29, 0.717) is 0 Å². The van der Waals surface area contributed by atoms with Crippen LogP contribution in [-0.4, -0.2) is 23.0 Å². The van der Waals surface area contributed by atoms with Gasteiger partial charge in [0.1, 0.15) is 5.82 Å². The van der Waals surface area contributed by atoms with E-state index in [9.17, 15) is 14.0 Å². The van der Waals surface area contributed by atoms with Gasteiger partial charge >= 0.3 is 5.97 Å². The number of nitrogens with two attached hydrogens (primary N) is 1. The van der Waals surface area contributed by atoms with E-state index in [-0.39, 0.29) is 12.1 Å². The highest BCUT2D eigenvalue weighted by molar-refractivity contribution is 6.00. The molecule has 0 aliphatic carbocycles. The Morgan fingerprint density at radius 3 is 2.62 bits per heavy atom. The highest BCUT2D eigenvalue weighted by Crippen LogP contribution is 2.05. The van der Waals surface area contributed by atoms with Crippen LogP contribution in [0, 0.1) is 5.82 Å². The fourth-order valence-electron chi connectivity index (χ4n) is 1.05. The van der Waals surface area contributed by atoms with Gasteiger partial charge in [-0.05, 0) is 6.07 Å². The molecule has 0 aliphatic heterocycles. The van der Waals surface area contributed by atoms with Gasteiger partial charge in [0.25, 0.3) is 0 Å². The predicted molar refractivity (Wildman–Crippen MR) is 53.9 cm³/mol. The first-order valence-corrected chi connectivity index (χ1v) is 4.52. The minimum Gasteiger partial charge on any atom is -0.480 e. The van der Waals surface area contributed by atoms with Crippen molar-refractivity contribution in [1.29, 1.82) is 0 Å². The highest BCUT2D eigenvalue weighted by atomic mass is 19.1. The second-order valence-corrected chi connectivity index (χ2v) is 3.13. The van der Waals surface area contributed by atoms with Crippen molar-refractivity contribution < 1.29 is 19.1 Å². The monoisotopic (exact) mass is 226 g/mol. The SMILES string of the molecule is NC(C(=O)O)C(=O)NCc1ccccc1F. The third kappa shape index (κ3) is 3.03. The van der Waals surface area contributed by atoms with Gasteiger partial charge < -0.3 is 16.2 Å². The maximum Gasteiger partial charge on any atom is 0.330 e. The number of rotatable bonds is 4. The summed E-state index contributed by atoms with van der Waals surface area (Å²) < 4.78 is 13.1. The number of hydrogen-bond donors (Lipinski definition) is 3. The second kappa shape index (κ2) is 5.22. The van der Waals surface area contributed by atoms with Crippen LogP contribution >= 0.6 is 0 Å². The summed E-state index contributed by atoms with van der Waals surface area (Å²) in [7, 11) is 0. The molecule has 1 aromatic rings. The van der Waals surface area contributed by atoms with Crippen LogP contribution in [0.5, 0.6) is 0 Å². The molecule has 1 aromatic carbocycles. The number of carboxylic acids is 1. The summed E-state index contributed by atoms with van der Waals surface area (Å²) in [5.74, 6) is -2.74. The zero-order chi connectivity index (χ0) is 12.1. The van der Waals surface area contributed by atoms with E-state index in [1.165, 1.54) is 18.2 Å². The molecule has 1 atom stereocenters. The van der Waals surface area contributed by atoms with Crippen LogP contribution in [0.2, 0.25) is 0 Å². The van der Waals surface area contributed by atoms with Crippen molar-refractivity contribution in [2.24, 2.45) is 5.73 Å². The lowest BCUT2D eigenvalue weighted by Gasteiger charge is -2.08. The molecule has 0 fully saturated rings. The molecule has 1 amide bonds. The summed E-state index contributed by atoms with van der Waals surface area (Å²) in [4.78, 5) is 21.5. The number of carboxylic acid groups (broad SMARTS) is 1. The van der Waals surface area contributed by atoms with Crippen LogP contribution in [-0.2, 0) is 16.1 Å². The Hall–Kier alpha value is -1.95. The van der Waals surface area contributed by atoms with Crippen molar-refractivity contribution in [3.05, 3.63) is 35.6 Å². The topological polar surface area (TPSA) is 92.4 Å². The quantitative estimate of drug-likeness (QED) is 0.623. The first-order chi connectivity index (χ1) is 7.52. The lowest BCUT2D eigenvalue weighted by molar-refractivity contribution is -0.142. The van der Waals surface area contributed by atoms with E-state index in [0.717, 1.165) is 0 Å². The van der Waals surface area contributed by atoms with E-state index >= 15 is 0 Å². The van der Waals surface area contributed by atoms with Gasteiger partial charge in [-0.1, -0.05) is 18.2 Å². The molecular formula is C10H11FN2O3. The van der Waals surface area contributed by atoms with Gasteiger partial charge in [-0.15, -0.1) is 0 Å². The number of nitrogens with one attached hydrogen (secondary N) is 1. The predicted octanol–water partition coefficient (Wildman–Crippen LogP) is -0.146. The van der Waals surface area contributed by atoms with Crippen LogP contribution in [0.15, 0.2) is 24.3 Å². The van der Waals surface area contributed by atoms with Gasteiger partial charge in [0, 0.05) is 12.1 Å². The summed E-state index contributed by atoms with van der Waals surface area (Å²) in [5, 5.41) is 10.7. The van der Waals surface area contributed by atoms with E-state index < -0.39 is 23.7 Å². The number of aliphatic carboxylic acids is 1. The maximum absolute atomic E-state index is 13.1. The number of amides is 1. The molecule has 0 spiro atoms. The van der Waals surface area contributed by atoms with Gasteiger partial charge in [0.05, 0.1) is 0 Å². The molecule has 16 heavy (non-hydrogen) atoms. The molecule has 86 valence electrons. The number of benzene rings is 1. The lowest BCUT2D eigenvalue weighted by atomic mass is 10.2. The molecule has 4 N–H and O–H groups in total. The molecule has 0 saturated heterocycles. The third-order valence-corrected chi connectivity index (χ3v) is 1.96. The normalized spacial score (nSPS) is 11.9. The maximum atomic E-state index is 13.1. The van der Waals surface area contributed by atoms with Gasteiger partial charge in [-0.2, -0.15) is 0 Å². The standard InChI is InChI=1S/C10H11FN2O3/c11-7-4-2-1-3-6(7)5-13-9(14)8(12)10(15)16/h1-4,8H,5,12H2,(H,13,14)(H,15,16). The molecule has 5 nitrogen and oxygen atoms in total. The Bertz CT molecular complexity index is 409. The molecule has 0 radical (unpaired) electrons. The van der Waals surface area contributed by atoms with Crippen molar-refractivity contribution in [2.45, 2.75) is 12.6 Å². The lowest BCUT2D eigenvalue weighted by Crippen LogP contribution is -2.45. The zero-order valence-electron chi connectivity index (χ0n) is 8.31. The fraction of sp³-hybridized carbons (Fsp3) is 0.200. The van der Waals surface area contributed by atoms with Crippen molar-refractivity contribution in [1.82, 2.24) is 5.32 Å². The summed E-state index contributed by atoms with van der Waals surface area (Å²) in [6, 6.07) is 4.23. The van der Waals surface area contributed by atoms with Crippen molar-refractivity contribution in [2.75, 3.05) is 0 Å². The third-order valence-electron chi connectivity index (χ3n) is 1.96. The Kier molecular flexibility index (Phi) is 3.96. The average molecular weight is 226 g/mol. The number of halogens is 1. The molecule has 1 rings (SSSR count). The Morgan fingerprint density at radius 1 is 1.44 bits per heavy atom. The van der Waals surface area contributed by atoms with Crippen molar-refractivity contribution in [3.63, 3.8) is 0 Å². The first kappa shape index (κ1) is 12.1. The van der Waals surface area contributed by atoms with E-state index in [1.54, 1.807) is 6.07 Å². The van der Waals surface area contributed by atoms with Crippen LogP contribution in [0.3, 0.4) is 0 Å². The fourth-order valence-corrected chi connectivity index (χ4v) is 1.05. The van der Waals surface area contributed by atoms with E-state index in [1.807, 2.05) is 0 Å². The van der Waals surface area contributed by atoms with Crippen molar-refractivity contribution in [3.8, 4) is 0 Å². The Labute approximate surface area is 91.1 Å². The Morgan fingerprint density at radius 2 is 2.06 bits per heavy atom. The van der Waals surface area contributed by atoms with Crippen LogP contribution in [0.4, 0.5) is 4.39 Å². The summed E-state index contributed by atoms with van der Waals surface area (Å²) >= 11 is 0. The van der Waals surface area contributed by atoms with Gasteiger partial charge in [-0.25, -0.2) is 9.18 Å². The van der Waals surface area contributed by atoms with Gasteiger partial charge in [-0.3, -0.25) is 4.79 Å².